The summed E-state index contributed by atoms with van der Waals surface area (Å²) in [5.41, 5.74) is 0.904. The van der Waals surface area contributed by atoms with E-state index in [4.69, 9.17) is 4.74 Å². The highest BCUT2D eigenvalue weighted by molar-refractivity contribution is 7.91. The molecule has 0 bridgehead atoms. The van der Waals surface area contributed by atoms with Gasteiger partial charge in [-0.15, -0.1) is 0 Å². The lowest BCUT2D eigenvalue weighted by atomic mass is 10.0. The number of rotatable bonds is 5. The fourth-order valence-corrected chi connectivity index (χ4v) is 4.32. The van der Waals surface area contributed by atoms with Gasteiger partial charge in [-0.25, -0.2) is 13.2 Å². The average molecular weight is 326 g/mol. The zero-order chi connectivity index (χ0) is 16.2. The van der Waals surface area contributed by atoms with E-state index < -0.39 is 9.84 Å². The fraction of sp³-hybridized carbons (Fsp3) is 0.533. The standard InChI is InChI=1S/C15H22N2O4S/c1-3-13(12-6-4-5-7-14(12)21-2)17-15(18)16-11-8-9-22(19,20)10-11/h4-7,11,13H,3,8-10H2,1-2H3,(H2,16,17,18)/t11-,13-/m0/s1. The van der Waals surface area contributed by atoms with Crippen molar-refractivity contribution in [3.05, 3.63) is 29.8 Å². The second kappa shape index (κ2) is 7.00. The van der Waals surface area contributed by atoms with Crippen molar-refractivity contribution in [1.29, 1.82) is 0 Å². The van der Waals surface area contributed by atoms with Crippen LogP contribution in [0.1, 0.15) is 31.4 Å². The van der Waals surface area contributed by atoms with E-state index in [0.29, 0.717) is 12.8 Å². The van der Waals surface area contributed by atoms with Crippen molar-refractivity contribution in [2.45, 2.75) is 31.8 Å². The molecule has 0 saturated carbocycles. The quantitative estimate of drug-likeness (QED) is 0.861. The van der Waals surface area contributed by atoms with Gasteiger partial charge in [-0.1, -0.05) is 25.1 Å². The van der Waals surface area contributed by atoms with Crippen LogP contribution >= 0.6 is 0 Å². The molecular formula is C15H22N2O4S. The number of benzene rings is 1. The molecule has 1 fully saturated rings. The smallest absolute Gasteiger partial charge is 0.315 e. The van der Waals surface area contributed by atoms with Gasteiger partial charge in [0.05, 0.1) is 24.7 Å². The highest BCUT2D eigenvalue weighted by Crippen LogP contribution is 2.26. The highest BCUT2D eigenvalue weighted by Gasteiger charge is 2.29. The summed E-state index contributed by atoms with van der Waals surface area (Å²) in [4.78, 5) is 12.1. The SMILES string of the molecule is CC[C@H](NC(=O)N[C@H]1CCS(=O)(=O)C1)c1ccccc1OC. The minimum absolute atomic E-state index is 0.0197. The number of nitrogens with one attached hydrogen (secondary N) is 2. The Bertz CT molecular complexity index is 630. The van der Waals surface area contributed by atoms with Gasteiger partial charge in [0.2, 0.25) is 0 Å². The topological polar surface area (TPSA) is 84.5 Å². The van der Waals surface area contributed by atoms with Crippen molar-refractivity contribution in [2.75, 3.05) is 18.6 Å². The first-order chi connectivity index (χ1) is 10.4. The molecule has 7 heteroatoms. The van der Waals surface area contributed by atoms with Crippen LogP contribution in [0.15, 0.2) is 24.3 Å². The lowest BCUT2D eigenvalue weighted by Crippen LogP contribution is -2.44. The summed E-state index contributed by atoms with van der Waals surface area (Å²) in [6, 6.07) is 6.69. The van der Waals surface area contributed by atoms with E-state index in [2.05, 4.69) is 10.6 Å². The number of urea groups is 1. The molecule has 1 saturated heterocycles. The third kappa shape index (κ3) is 4.13. The summed E-state index contributed by atoms with van der Waals surface area (Å²) in [7, 11) is -1.41. The summed E-state index contributed by atoms with van der Waals surface area (Å²) in [5.74, 6) is 0.881. The first-order valence-corrected chi connectivity index (χ1v) is 9.17. The predicted octanol–water partition coefficient (Wildman–Crippen LogP) is 1.63. The molecular weight excluding hydrogens is 304 g/mol. The van der Waals surface area contributed by atoms with Crippen molar-refractivity contribution in [3.63, 3.8) is 0 Å². The molecule has 1 aliphatic heterocycles. The molecule has 1 aliphatic rings. The van der Waals surface area contributed by atoms with Crippen molar-refractivity contribution < 1.29 is 17.9 Å². The Kier molecular flexibility index (Phi) is 5.28. The molecule has 122 valence electrons. The zero-order valence-electron chi connectivity index (χ0n) is 12.8. The molecule has 0 radical (unpaired) electrons. The van der Waals surface area contributed by atoms with Crippen molar-refractivity contribution in [2.24, 2.45) is 0 Å². The first-order valence-electron chi connectivity index (χ1n) is 7.35. The summed E-state index contributed by atoms with van der Waals surface area (Å²) in [5, 5.41) is 5.62. The van der Waals surface area contributed by atoms with Gasteiger partial charge < -0.3 is 15.4 Å². The molecule has 0 aromatic heterocycles. The number of carbonyl (C=O) groups excluding carboxylic acids is 1. The van der Waals surface area contributed by atoms with Gasteiger partial charge in [-0.2, -0.15) is 0 Å². The number of para-hydroxylation sites is 1. The van der Waals surface area contributed by atoms with Gasteiger partial charge in [0.15, 0.2) is 9.84 Å². The predicted molar refractivity (Wildman–Crippen MR) is 84.8 cm³/mol. The third-order valence-electron chi connectivity index (χ3n) is 3.80. The molecule has 1 heterocycles. The Morgan fingerprint density at radius 3 is 2.73 bits per heavy atom. The van der Waals surface area contributed by atoms with E-state index >= 15 is 0 Å². The zero-order valence-corrected chi connectivity index (χ0v) is 13.7. The van der Waals surface area contributed by atoms with Gasteiger partial charge >= 0.3 is 6.03 Å². The van der Waals surface area contributed by atoms with Gasteiger partial charge in [0.1, 0.15) is 5.75 Å². The van der Waals surface area contributed by atoms with Crippen molar-refractivity contribution in [1.82, 2.24) is 10.6 Å². The van der Waals surface area contributed by atoms with Crippen molar-refractivity contribution in [3.8, 4) is 5.75 Å². The fourth-order valence-electron chi connectivity index (χ4n) is 2.65. The lowest BCUT2D eigenvalue weighted by Gasteiger charge is -2.21. The number of hydrogen-bond acceptors (Lipinski definition) is 4. The Labute approximate surface area is 131 Å². The molecule has 2 rings (SSSR count). The number of methoxy groups -OCH3 is 1. The minimum Gasteiger partial charge on any atom is -0.496 e. The molecule has 0 aliphatic carbocycles. The van der Waals surface area contributed by atoms with Crippen LogP contribution in [0, 0.1) is 0 Å². The number of amides is 2. The summed E-state index contributed by atoms with van der Waals surface area (Å²) >= 11 is 0. The van der Waals surface area contributed by atoms with Gasteiger partial charge in [-0.3, -0.25) is 0 Å². The maximum absolute atomic E-state index is 12.1. The molecule has 22 heavy (non-hydrogen) atoms. The minimum atomic E-state index is -3.00. The molecule has 1 aromatic rings. The highest BCUT2D eigenvalue weighted by atomic mass is 32.2. The Balaban J connectivity index is 1.99. The largest absolute Gasteiger partial charge is 0.496 e. The second-order valence-corrected chi connectivity index (χ2v) is 7.65. The van der Waals surface area contributed by atoms with E-state index in [-0.39, 0.29) is 29.6 Å². The molecule has 6 nitrogen and oxygen atoms in total. The van der Waals surface area contributed by atoms with E-state index in [1.165, 1.54) is 0 Å². The third-order valence-corrected chi connectivity index (χ3v) is 5.56. The van der Waals surface area contributed by atoms with Gasteiger partial charge in [0.25, 0.3) is 0 Å². The van der Waals surface area contributed by atoms with Crippen molar-refractivity contribution >= 4 is 15.9 Å². The average Bonchev–Trinajstić information content (AvgIpc) is 2.83. The number of ether oxygens (including phenoxy) is 1. The summed E-state index contributed by atoms with van der Waals surface area (Å²) in [6.45, 7) is 1.97. The van der Waals surface area contributed by atoms with Crippen LogP contribution < -0.4 is 15.4 Å². The van der Waals surface area contributed by atoms with Gasteiger partial charge in [-0.05, 0) is 18.9 Å². The number of carbonyl (C=O) groups is 1. The normalized spacial score (nSPS) is 21.1. The first kappa shape index (κ1) is 16.6. The maximum atomic E-state index is 12.1. The number of hydrogen-bond donors (Lipinski definition) is 2. The summed E-state index contributed by atoms with van der Waals surface area (Å²) < 4.78 is 28.2. The Morgan fingerprint density at radius 2 is 2.14 bits per heavy atom. The van der Waals surface area contributed by atoms with Crippen LogP contribution in [-0.4, -0.2) is 39.1 Å². The second-order valence-electron chi connectivity index (χ2n) is 5.42. The van der Waals surface area contributed by atoms with Crippen LogP contribution in [0.4, 0.5) is 4.79 Å². The molecule has 2 atom stereocenters. The molecule has 2 amide bonds. The molecule has 2 N–H and O–H groups in total. The van der Waals surface area contributed by atoms with Crippen LogP contribution in [0.5, 0.6) is 5.75 Å². The van der Waals surface area contributed by atoms with E-state index in [1.807, 2.05) is 31.2 Å². The van der Waals surface area contributed by atoms with E-state index in [9.17, 15) is 13.2 Å². The van der Waals surface area contributed by atoms with E-state index in [1.54, 1.807) is 7.11 Å². The Hall–Kier alpha value is -1.76. The van der Waals surface area contributed by atoms with Crippen LogP contribution in [0.2, 0.25) is 0 Å². The van der Waals surface area contributed by atoms with Crippen LogP contribution in [0.25, 0.3) is 0 Å². The molecule has 1 aromatic carbocycles. The Morgan fingerprint density at radius 1 is 1.41 bits per heavy atom. The van der Waals surface area contributed by atoms with Crippen LogP contribution in [0.3, 0.4) is 0 Å². The lowest BCUT2D eigenvalue weighted by molar-refractivity contribution is 0.233. The monoisotopic (exact) mass is 326 g/mol. The maximum Gasteiger partial charge on any atom is 0.315 e. The van der Waals surface area contributed by atoms with Gasteiger partial charge in [0, 0.05) is 11.6 Å². The number of sulfone groups is 1. The summed E-state index contributed by atoms with van der Waals surface area (Å²) in [6.07, 6.45) is 1.18. The molecule has 0 spiro atoms. The van der Waals surface area contributed by atoms with Crippen LogP contribution in [-0.2, 0) is 9.84 Å². The molecule has 0 unspecified atom stereocenters. The van der Waals surface area contributed by atoms with E-state index in [0.717, 1.165) is 11.3 Å².